The molecule has 1 heterocycles. The van der Waals surface area contributed by atoms with Gasteiger partial charge in [-0.1, -0.05) is 11.8 Å². The third kappa shape index (κ3) is 5.33. The molecule has 0 spiro atoms. The lowest BCUT2D eigenvalue weighted by Crippen LogP contribution is -2.31. The van der Waals surface area contributed by atoms with E-state index in [0.29, 0.717) is 24.4 Å². The zero-order chi connectivity index (χ0) is 15.0. The fourth-order valence-corrected chi connectivity index (χ4v) is 2.55. The van der Waals surface area contributed by atoms with Crippen LogP contribution in [0.3, 0.4) is 0 Å². The number of rotatable bonds is 6. The standard InChI is InChI=1S/C15H21NO3S/c1-4-19-12(3)10-16-15(18)14-9-11(2)13(20-14)7-5-6-8-17/h9,12,17H,4,6,8,10H2,1-3H3,(H,16,18). The second-order valence-corrected chi connectivity index (χ2v) is 5.43. The Hall–Kier alpha value is -1.35. The van der Waals surface area contributed by atoms with Gasteiger partial charge in [0.05, 0.1) is 22.5 Å². The lowest BCUT2D eigenvalue weighted by Gasteiger charge is -2.11. The molecule has 0 aromatic carbocycles. The van der Waals surface area contributed by atoms with Crippen LogP contribution in [-0.4, -0.2) is 36.9 Å². The normalized spacial score (nSPS) is 11.6. The van der Waals surface area contributed by atoms with Crippen molar-refractivity contribution >= 4 is 17.2 Å². The van der Waals surface area contributed by atoms with Crippen molar-refractivity contribution in [3.63, 3.8) is 0 Å². The van der Waals surface area contributed by atoms with Gasteiger partial charge < -0.3 is 15.2 Å². The maximum atomic E-state index is 12.0. The summed E-state index contributed by atoms with van der Waals surface area (Å²) in [7, 11) is 0. The molecule has 1 atom stereocenters. The summed E-state index contributed by atoms with van der Waals surface area (Å²) in [6.45, 7) is 6.97. The van der Waals surface area contributed by atoms with E-state index < -0.39 is 0 Å². The van der Waals surface area contributed by atoms with Gasteiger partial charge in [0.1, 0.15) is 0 Å². The van der Waals surface area contributed by atoms with Gasteiger partial charge in [-0.15, -0.1) is 11.3 Å². The van der Waals surface area contributed by atoms with Crippen molar-refractivity contribution in [2.45, 2.75) is 33.3 Å². The van der Waals surface area contributed by atoms with Crippen LogP contribution in [0.5, 0.6) is 0 Å². The Balaban J connectivity index is 2.61. The van der Waals surface area contributed by atoms with Gasteiger partial charge >= 0.3 is 0 Å². The van der Waals surface area contributed by atoms with Crippen molar-refractivity contribution in [2.24, 2.45) is 0 Å². The quantitative estimate of drug-likeness (QED) is 0.789. The first-order chi connectivity index (χ1) is 9.58. The number of aliphatic hydroxyl groups excluding tert-OH is 1. The molecular weight excluding hydrogens is 274 g/mol. The first-order valence-corrected chi connectivity index (χ1v) is 7.50. The second kappa shape index (κ2) is 8.75. The van der Waals surface area contributed by atoms with Crippen LogP contribution in [0.15, 0.2) is 6.07 Å². The molecule has 0 aliphatic rings. The smallest absolute Gasteiger partial charge is 0.261 e. The molecular formula is C15H21NO3S. The van der Waals surface area contributed by atoms with Crippen molar-refractivity contribution < 1.29 is 14.6 Å². The SMILES string of the molecule is CCOC(C)CNC(=O)c1cc(C)c(C#CCCO)s1. The highest BCUT2D eigenvalue weighted by atomic mass is 32.1. The minimum atomic E-state index is -0.0974. The molecule has 2 N–H and O–H groups in total. The Labute approximate surface area is 124 Å². The molecule has 20 heavy (non-hydrogen) atoms. The average Bonchev–Trinajstić information content (AvgIpc) is 2.78. The molecule has 0 radical (unpaired) electrons. The Morgan fingerprint density at radius 1 is 1.60 bits per heavy atom. The molecule has 0 saturated heterocycles. The van der Waals surface area contributed by atoms with Crippen LogP contribution < -0.4 is 5.32 Å². The molecule has 0 fully saturated rings. The summed E-state index contributed by atoms with van der Waals surface area (Å²) in [5, 5.41) is 11.5. The lowest BCUT2D eigenvalue weighted by atomic mass is 10.2. The van der Waals surface area contributed by atoms with E-state index in [0.717, 1.165) is 10.4 Å². The number of ether oxygens (including phenoxy) is 1. The summed E-state index contributed by atoms with van der Waals surface area (Å²) in [4.78, 5) is 13.5. The Morgan fingerprint density at radius 3 is 3.00 bits per heavy atom. The van der Waals surface area contributed by atoms with E-state index in [-0.39, 0.29) is 18.6 Å². The van der Waals surface area contributed by atoms with Gasteiger partial charge in [-0.2, -0.15) is 0 Å². The fraction of sp³-hybridized carbons (Fsp3) is 0.533. The number of hydrogen-bond acceptors (Lipinski definition) is 4. The van der Waals surface area contributed by atoms with E-state index >= 15 is 0 Å². The van der Waals surface area contributed by atoms with E-state index in [9.17, 15) is 4.79 Å². The highest BCUT2D eigenvalue weighted by Gasteiger charge is 2.12. The number of amides is 1. The second-order valence-electron chi connectivity index (χ2n) is 4.37. The van der Waals surface area contributed by atoms with Gasteiger partial charge in [0, 0.05) is 19.6 Å². The number of carbonyl (C=O) groups excluding carboxylic acids is 1. The van der Waals surface area contributed by atoms with Gasteiger partial charge in [0.2, 0.25) is 0 Å². The monoisotopic (exact) mass is 295 g/mol. The topological polar surface area (TPSA) is 58.6 Å². The van der Waals surface area contributed by atoms with Gasteiger partial charge in [-0.05, 0) is 32.4 Å². The minimum absolute atomic E-state index is 0.00817. The van der Waals surface area contributed by atoms with E-state index in [1.54, 1.807) is 0 Å². The Bertz CT molecular complexity index is 499. The van der Waals surface area contributed by atoms with Crippen LogP contribution >= 0.6 is 11.3 Å². The molecule has 1 aromatic heterocycles. The Kier molecular flexibility index (Phi) is 7.31. The zero-order valence-electron chi connectivity index (χ0n) is 12.2. The summed E-state index contributed by atoms with van der Waals surface area (Å²) in [5.74, 6) is 5.75. The van der Waals surface area contributed by atoms with Crippen molar-refractivity contribution in [2.75, 3.05) is 19.8 Å². The summed E-state index contributed by atoms with van der Waals surface area (Å²) < 4.78 is 5.37. The largest absolute Gasteiger partial charge is 0.395 e. The maximum Gasteiger partial charge on any atom is 0.261 e. The van der Waals surface area contributed by atoms with Gasteiger partial charge in [0.25, 0.3) is 5.91 Å². The summed E-state index contributed by atoms with van der Waals surface area (Å²) in [5.41, 5.74) is 0.989. The predicted octanol–water partition coefficient (Wildman–Crippen LogP) is 1.95. The lowest BCUT2D eigenvalue weighted by molar-refractivity contribution is 0.0696. The molecule has 1 rings (SSSR count). The van der Waals surface area contributed by atoms with Gasteiger partial charge in [-0.25, -0.2) is 0 Å². The molecule has 5 heteroatoms. The Morgan fingerprint density at radius 2 is 2.35 bits per heavy atom. The predicted molar refractivity (Wildman–Crippen MR) is 81.1 cm³/mol. The highest BCUT2D eigenvalue weighted by Crippen LogP contribution is 2.20. The maximum absolute atomic E-state index is 12.0. The summed E-state index contributed by atoms with van der Waals surface area (Å²) >= 11 is 1.37. The number of thiophene rings is 1. The molecule has 0 aliphatic carbocycles. The van der Waals surface area contributed by atoms with Crippen LogP contribution in [0.4, 0.5) is 0 Å². The van der Waals surface area contributed by atoms with E-state index in [1.165, 1.54) is 11.3 Å². The van der Waals surface area contributed by atoms with Crippen molar-refractivity contribution in [3.05, 3.63) is 21.4 Å². The molecule has 1 amide bonds. The van der Waals surface area contributed by atoms with E-state index in [4.69, 9.17) is 9.84 Å². The number of aryl methyl sites for hydroxylation is 1. The van der Waals surface area contributed by atoms with Crippen LogP contribution in [0.1, 0.15) is 40.4 Å². The minimum Gasteiger partial charge on any atom is -0.395 e. The van der Waals surface area contributed by atoms with Crippen LogP contribution in [-0.2, 0) is 4.74 Å². The number of carbonyl (C=O) groups is 1. The van der Waals surface area contributed by atoms with Crippen molar-refractivity contribution in [1.82, 2.24) is 5.32 Å². The van der Waals surface area contributed by atoms with Crippen LogP contribution in [0, 0.1) is 18.8 Å². The van der Waals surface area contributed by atoms with Crippen molar-refractivity contribution in [3.8, 4) is 11.8 Å². The van der Waals surface area contributed by atoms with E-state index in [1.807, 2.05) is 26.8 Å². The third-order valence-corrected chi connectivity index (χ3v) is 3.73. The molecule has 1 aromatic rings. The first-order valence-electron chi connectivity index (χ1n) is 6.68. The van der Waals surface area contributed by atoms with Crippen LogP contribution in [0.25, 0.3) is 0 Å². The molecule has 0 saturated carbocycles. The average molecular weight is 295 g/mol. The summed E-state index contributed by atoms with van der Waals surface area (Å²) in [6.07, 6.45) is 0.457. The fourth-order valence-electron chi connectivity index (χ4n) is 1.58. The molecule has 4 nitrogen and oxygen atoms in total. The van der Waals surface area contributed by atoms with Gasteiger partial charge in [0.15, 0.2) is 0 Å². The summed E-state index contributed by atoms with van der Waals surface area (Å²) in [6, 6.07) is 1.84. The number of aliphatic hydroxyl groups is 1. The van der Waals surface area contributed by atoms with Crippen LogP contribution in [0.2, 0.25) is 0 Å². The number of hydrogen-bond donors (Lipinski definition) is 2. The number of nitrogens with one attached hydrogen (secondary N) is 1. The zero-order valence-corrected chi connectivity index (χ0v) is 13.0. The van der Waals surface area contributed by atoms with Gasteiger partial charge in [-0.3, -0.25) is 4.79 Å². The first kappa shape index (κ1) is 16.7. The molecule has 0 bridgehead atoms. The molecule has 1 unspecified atom stereocenters. The molecule has 0 aliphatic heterocycles. The molecule has 110 valence electrons. The van der Waals surface area contributed by atoms with Crippen molar-refractivity contribution in [1.29, 1.82) is 0 Å². The van der Waals surface area contributed by atoms with E-state index in [2.05, 4.69) is 17.2 Å². The highest BCUT2D eigenvalue weighted by molar-refractivity contribution is 7.14. The third-order valence-electron chi connectivity index (χ3n) is 2.58.